The molecule has 2 rings (SSSR count). The maximum Gasteiger partial charge on any atom is 0.226 e. The van der Waals surface area contributed by atoms with E-state index in [1.807, 2.05) is 4.90 Å². The summed E-state index contributed by atoms with van der Waals surface area (Å²) in [6.45, 7) is 7.17. The highest BCUT2D eigenvalue weighted by atomic mass is 16.5. The third-order valence-electron chi connectivity index (χ3n) is 4.27. The third kappa shape index (κ3) is 2.71. The Kier molecular flexibility index (Phi) is 3.87. The number of ether oxygens (including phenoxy) is 1. The summed E-state index contributed by atoms with van der Waals surface area (Å²) in [6, 6.07) is 0. The van der Waals surface area contributed by atoms with Crippen molar-refractivity contribution in [2.45, 2.75) is 33.1 Å². The second-order valence-corrected chi connectivity index (χ2v) is 5.46. The predicted molar refractivity (Wildman–Crippen MR) is 67.7 cm³/mol. The molecule has 0 N–H and O–H groups in total. The Labute approximate surface area is 104 Å². The molecule has 0 radical (unpaired) electrons. The highest BCUT2D eigenvalue weighted by molar-refractivity contribution is 5.79. The maximum absolute atomic E-state index is 12.4. The number of carbonyl (C=O) groups is 1. The highest BCUT2D eigenvalue weighted by Gasteiger charge is 2.36. The van der Waals surface area contributed by atoms with Crippen LogP contribution < -0.4 is 0 Å². The van der Waals surface area contributed by atoms with Crippen molar-refractivity contribution in [1.29, 1.82) is 0 Å². The number of allylic oxidation sites excluding steroid dienone is 2. The van der Waals surface area contributed by atoms with Crippen molar-refractivity contribution in [3.63, 3.8) is 0 Å². The number of morpholine rings is 1. The van der Waals surface area contributed by atoms with E-state index in [9.17, 15) is 4.79 Å². The molecular weight excluding hydrogens is 214 g/mol. The fourth-order valence-corrected chi connectivity index (χ4v) is 2.74. The van der Waals surface area contributed by atoms with Crippen molar-refractivity contribution in [1.82, 2.24) is 4.90 Å². The molecule has 1 aliphatic carbocycles. The molecule has 2 atom stereocenters. The van der Waals surface area contributed by atoms with Gasteiger partial charge in [-0.3, -0.25) is 4.79 Å². The summed E-state index contributed by atoms with van der Waals surface area (Å²) < 4.78 is 5.29. The van der Waals surface area contributed by atoms with Gasteiger partial charge in [-0.1, -0.05) is 26.0 Å². The van der Waals surface area contributed by atoms with Gasteiger partial charge in [0.1, 0.15) is 0 Å². The lowest BCUT2D eigenvalue weighted by molar-refractivity contribution is -0.142. The lowest BCUT2D eigenvalue weighted by Crippen LogP contribution is -2.46. The number of carbonyl (C=O) groups excluding carboxylic acids is 1. The van der Waals surface area contributed by atoms with Crippen molar-refractivity contribution in [2.24, 2.45) is 11.3 Å². The van der Waals surface area contributed by atoms with Crippen molar-refractivity contribution in [3.8, 4) is 0 Å². The van der Waals surface area contributed by atoms with E-state index in [0.29, 0.717) is 19.1 Å². The molecule has 2 aliphatic rings. The zero-order chi connectivity index (χ0) is 12.3. The highest BCUT2D eigenvalue weighted by Crippen LogP contribution is 2.38. The predicted octanol–water partition coefficient (Wildman–Crippen LogP) is 2.23. The minimum atomic E-state index is 0.0492. The van der Waals surface area contributed by atoms with E-state index < -0.39 is 0 Å². The minimum absolute atomic E-state index is 0.0492. The third-order valence-corrected chi connectivity index (χ3v) is 4.27. The molecule has 96 valence electrons. The molecule has 0 saturated carbocycles. The number of hydrogen-bond acceptors (Lipinski definition) is 2. The molecule has 3 heteroatoms. The molecule has 0 bridgehead atoms. The molecule has 1 amide bonds. The number of hydrogen-bond donors (Lipinski definition) is 0. The Morgan fingerprint density at radius 3 is 2.71 bits per heavy atom. The summed E-state index contributed by atoms with van der Waals surface area (Å²) in [6.07, 6.45) is 7.97. The molecule has 1 saturated heterocycles. The summed E-state index contributed by atoms with van der Waals surface area (Å²) in [5.74, 6) is 0.375. The van der Waals surface area contributed by atoms with Crippen LogP contribution in [0.4, 0.5) is 0 Å². The van der Waals surface area contributed by atoms with Crippen LogP contribution in [0, 0.1) is 11.3 Å². The molecule has 1 fully saturated rings. The van der Waals surface area contributed by atoms with Crippen LogP contribution in [-0.2, 0) is 9.53 Å². The van der Waals surface area contributed by atoms with E-state index in [0.717, 1.165) is 25.9 Å². The van der Waals surface area contributed by atoms with Gasteiger partial charge in [0.15, 0.2) is 0 Å². The van der Waals surface area contributed by atoms with Crippen LogP contribution in [0.25, 0.3) is 0 Å². The molecule has 0 aromatic rings. The molecule has 0 aromatic carbocycles. The maximum atomic E-state index is 12.4. The van der Waals surface area contributed by atoms with Crippen LogP contribution in [0.2, 0.25) is 0 Å². The largest absolute Gasteiger partial charge is 0.378 e. The smallest absolute Gasteiger partial charge is 0.226 e. The van der Waals surface area contributed by atoms with Crippen molar-refractivity contribution >= 4 is 5.91 Å². The van der Waals surface area contributed by atoms with Crippen LogP contribution in [0.3, 0.4) is 0 Å². The van der Waals surface area contributed by atoms with E-state index in [4.69, 9.17) is 4.74 Å². The van der Waals surface area contributed by atoms with Crippen LogP contribution in [0.15, 0.2) is 12.2 Å². The molecule has 1 aliphatic heterocycles. The summed E-state index contributed by atoms with van der Waals surface area (Å²) in [5, 5.41) is 0. The van der Waals surface area contributed by atoms with Gasteiger partial charge in [-0.15, -0.1) is 0 Å². The van der Waals surface area contributed by atoms with Crippen molar-refractivity contribution in [2.75, 3.05) is 26.3 Å². The van der Waals surface area contributed by atoms with E-state index in [1.165, 1.54) is 6.42 Å². The van der Waals surface area contributed by atoms with Gasteiger partial charge in [0.05, 0.1) is 13.2 Å². The standard InChI is InChI=1S/C14H23NO2/c1-12(14(2)6-4-3-5-7-14)13(16)15-8-10-17-11-9-15/h4,6,12H,3,5,7-11H2,1-2H3. The average Bonchev–Trinajstić information content (AvgIpc) is 2.39. The summed E-state index contributed by atoms with van der Waals surface area (Å²) in [5.41, 5.74) is 0.0492. The second kappa shape index (κ2) is 5.21. The first-order chi connectivity index (χ1) is 8.13. The topological polar surface area (TPSA) is 29.5 Å². The Balaban J connectivity index is 2.02. The van der Waals surface area contributed by atoms with Crippen LogP contribution >= 0.6 is 0 Å². The molecule has 3 nitrogen and oxygen atoms in total. The first-order valence-corrected chi connectivity index (χ1v) is 6.68. The number of nitrogens with zero attached hydrogens (tertiary/aromatic N) is 1. The van der Waals surface area contributed by atoms with Gasteiger partial charge in [-0.05, 0) is 24.7 Å². The Hall–Kier alpha value is -0.830. The van der Waals surface area contributed by atoms with Gasteiger partial charge in [-0.2, -0.15) is 0 Å². The van der Waals surface area contributed by atoms with E-state index in [2.05, 4.69) is 26.0 Å². The van der Waals surface area contributed by atoms with E-state index >= 15 is 0 Å². The van der Waals surface area contributed by atoms with E-state index in [-0.39, 0.29) is 11.3 Å². The van der Waals surface area contributed by atoms with E-state index in [1.54, 1.807) is 0 Å². The van der Waals surface area contributed by atoms with Gasteiger partial charge in [0.25, 0.3) is 0 Å². The molecule has 0 aromatic heterocycles. The first kappa shape index (κ1) is 12.6. The molecular formula is C14H23NO2. The Bertz CT molecular complexity index is 307. The molecule has 0 spiro atoms. The average molecular weight is 237 g/mol. The molecule has 2 unspecified atom stereocenters. The zero-order valence-corrected chi connectivity index (χ0v) is 10.9. The fraction of sp³-hybridized carbons (Fsp3) is 0.786. The van der Waals surface area contributed by atoms with Crippen LogP contribution in [-0.4, -0.2) is 37.1 Å². The lowest BCUT2D eigenvalue weighted by atomic mass is 9.71. The van der Waals surface area contributed by atoms with Gasteiger partial charge in [0.2, 0.25) is 5.91 Å². The Morgan fingerprint density at radius 2 is 2.12 bits per heavy atom. The fourth-order valence-electron chi connectivity index (χ4n) is 2.74. The summed E-state index contributed by atoms with van der Waals surface area (Å²) in [4.78, 5) is 14.4. The van der Waals surface area contributed by atoms with Crippen molar-refractivity contribution in [3.05, 3.63) is 12.2 Å². The van der Waals surface area contributed by atoms with Crippen LogP contribution in [0.5, 0.6) is 0 Å². The zero-order valence-electron chi connectivity index (χ0n) is 10.9. The summed E-state index contributed by atoms with van der Waals surface area (Å²) >= 11 is 0. The summed E-state index contributed by atoms with van der Waals surface area (Å²) in [7, 11) is 0. The van der Waals surface area contributed by atoms with Gasteiger partial charge in [0, 0.05) is 19.0 Å². The second-order valence-electron chi connectivity index (χ2n) is 5.46. The van der Waals surface area contributed by atoms with Gasteiger partial charge < -0.3 is 9.64 Å². The molecule has 1 heterocycles. The minimum Gasteiger partial charge on any atom is -0.378 e. The number of amides is 1. The number of rotatable bonds is 2. The van der Waals surface area contributed by atoms with Gasteiger partial charge in [-0.25, -0.2) is 0 Å². The first-order valence-electron chi connectivity index (χ1n) is 6.68. The SMILES string of the molecule is CC(C(=O)N1CCOCC1)C1(C)C=CCCC1. The van der Waals surface area contributed by atoms with Gasteiger partial charge >= 0.3 is 0 Å². The van der Waals surface area contributed by atoms with Crippen molar-refractivity contribution < 1.29 is 9.53 Å². The lowest BCUT2D eigenvalue weighted by Gasteiger charge is -2.38. The normalized spacial score (nSPS) is 31.3. The molecule has 17 heavy (non-hydrogen) atoms. The quantitative estimate of drug-likeness (QED) is 0.689. The monoisotopic (exact) mass is 237 g/mol. The Morgan fingerprint density at radius 1 is 1.41 bits per heavy atom. The van der Waals surface area contributed by atoms with Crippen LogP contribution in [0.1, 0.15) is 33.1 Å².